The van der Waals surface area contributed by atoms with Crippen LogP contribution in [0.25, 0.3) is 0 Å². The first-order valence-electron chi connectivity index (χ1n) is 7.85. The van der Waals surface area contributed by atoms with Crippen molar-refractivity contribution in [2.24, 2.45) is 0 Å². The summed E-state index contributed by atoms with van der Waals surface area (Å²) in [6.45, 7) is 3.35. The minimum atomic E-state index is -0.711. The van der Waals surface area contributed by atoms with Crippen molar-refractivity contribution >= 4 is 6.16 Å². The molecule has 116 valence electrons. The van der Waals surface area contributed by atoms with E-state index in [1.165, 1.54) is 32.1 Å². The van der Waals surface area contributed by atoms with Gasteiger partial charge in [-0.15, -0.1) is 0 Å². The van der Waals surface area contributed by atoms with Crippen molar-refractivity contribution in [1.82, 2.24) is 0 Å². The Bertz CT molecular complexity index is 295. The summed E-state index contributed by atoms with van der Waals surface area (Å²) in [4.78, 5) is 11.2. The molecule has 0 N–H and O–H groups in total. The van der Waals surface area contributed by atoms with Crippen molar-refractivity contribution in [3.05, 3.63) is 0 Å². The van der Waals surface area contributed by atoms with Crippen molar-refractivity contribution in [2.45, 2.75) is 70.2 Å². The minimum absolute atomic E-state index is 0.324. The van der Waals surface area contributed by atoms with Crippen LogP contribution in [-0.2, 0) is 18.9 Å². The molecule has 1 unspecified atom stereocenters. The van der Waals surface area contributed by atoms with Gasteiger partial charge in [0.2, 0.25) is 5.79 Å². The van der Waals surface area contributed by atoms with E-state index in [1.54, 1.807) is 6.92 Å². The van der Waals surface area contributed by atoms with Crippen LogP contribution in [0.2, 0.25) is 0 Å². The predicted molar refractivity (Wildman–Crippen MR) is 73.5 cm³/mol. The molecule has 0 aromatic rings. The van der Waals surface area contributed by atoms with Crippen LogP contribution in [0.1, 0.15) is 58.3 Å². The van der Waals surface area contributed by atoms with E-state index in [0.717, 1.165) is 25.9 Å². The Morgan fingerprint density at radius 3 is 2.65 bits per heavy atom. The van der Waals surface area contributed by atoms with Crippen LogP contribution in [0.5, 0.6) is 0 Å². The van der Waals surface area contributed by atoms with Crippen molar-refractivity contribution in [2.75, 3.05) is 19.8 Å². The van der Waals surface area contributed by atoms with Gasteiger partial charge in [-0.3, -0.25) is 0 Å². The summed E-state index contributed by atoms with van der Waals surface area (Å²) >= 11 is 0. The highest BCUT2D eigenvalue weighted by Crippen LogP contribution is 2.34. The Balaban J connectivity index is 1.51. The molecule has 5 nitrogen and oxygen atoms in total. The van der Waals surface area contributed by atoms with Crippen LogP contribution in [0, 0.1) is 0 Å². The first kappa shape index (κ1) is 15.6. The molecule has 2 aliphatic rings. The molecule has 0 bridgehead atoms. The number of epoxide rings is 1. The lowest BCUT2D eigenvalue weighted by atomic mass is 9.98. The molecule has 1 atom stereocenters. The average Bonchev–Trinajstić information content (AvgIpc) is 3.19. The predicted octanol–water partition coefficient (Wildman–Crippen LogP) is 3.41. The number of rotatable bonds is 8. The van der Waals surface area contributed by atoms with Gasteiger partial charge in [0.05, 0.1) is 12.7 Å². The summed E-state index contributed by atoms with van der Waals surface area (Å²) < 4.78 is 21.0. The molecule has 0 radical (unpaired) electrons. The van der Waals surface area contributed by atoms with Crippen LogP contribution in [-0.4, -0.2) is 37.9 Å². The largest absolute Gasteiger partial charge is 0.510 e. The molecule has 20 heavy (non-hydrogen) atoms. The van der Waals surface area contributed by atoms with Gasteiger partial charge in [0, 0.05) is 13.0 Å². The lowest BCUT2D eigenvalue weighted by molar-refractivity contribution is -0.0397. The monoisotopic (exact) mass is 286 g/mol. The first-order valence-corrected chi connectivity index (χ1v) is 7.85. The highest BCUT2D eigenvalue weighted by Gasteiger charge is 2.49. The van der Waals surface area contributed by atoms with E-state index >= 15 is 0 Å². The van der Waals surface area contributed by atoms with Gasteiger partial charge in [-0.05, 0) is 32.6 Å². The summed E-state index contributed by atoms with van der Waals surface area (Å²) in [6.07, 6.45) is 8.83. The second-order valence-electron chi connectivity index (χ2n) is 5.57. The molecule has 2 fully saturated rings. The standard InChI is InChI=1S/C15H26O5/c1-2-17-14(16)20-15(12-19-15)10-6-7-11-18-13-8-4-3-5-9-13/h13H,2-12H2,1H3. The van der Waals surface area contributed by atoms with E-state index in [9.17, 15) is 4.79 Å². The fourth-order valence-electron chi connectivity index (χ4n) is 2.61. The maximum Gasteiger partial charge on any atom is 0.510 e. The van der Waals surface area contributed by atoms with Crippen LogP contribution in [0.3, 0.4) is 0 Å². The normalized spacial score (nSPS) is 26.2. The van der Waals surface area contributed by atoms with Crippen molar-refractivity contribution in [3.8, 4) is 0 Å². The highest BCUT2D eigenvalue weighted by molar-refractivity contribution is 5.60. The first-order chi connectivity index (χ1) is 9.74. The number of hydrogen-bond donors (Lipinski definition) is 0. The molecule has 0 aromatic carbocycles. The Morgan fingerprint density at radius 2 is 2.00 bits per heavy atom. The molecule has 1 aliphatic carbocycles. The summed E-state index contributed by atoms with van der Waals surface area (Å²) in [5.74, 6) is -0.711. The van der Waals surface area contributed by atoms with E-state index in [2.05, 4.69) is 0 Å². The topological polar surface area (TPSA) is 57.3 Å². The minimum Gasteiger partial charge on any atom is -0.435 e. The molecule has 1 saturated heterocycles. The van der Waals surface area contributed by atoms with Crippen molar-refractivity contribution < 1.29 is 23.7 Å². The molecule has 1 heterocycles. The quantitative estimate of drug-likeness (QED) is 0.389. The smallest absolute Gasteiger partial charge is 0.435 e. The summed E-state index contributed by atoms with van der Waals surface area (Å²) in [6, 6.07) is 0. The second kappa shape index (κ2) is 7.84. The van der Waals surface area contributed by atoms with Gasteiger partial charge in [0.25, 0.3) is 0 Å². The summed E-state index contributed by atoms with van der Waals surface area (Å²) in [5.41, 5.74) is 0. The third-order valence-corrected chi connectivity index (χ3v) is 3.86. The SMILES string of the molecule is CCOC(=O)OC1(CCCCOC2CCCCC2)CO1. The number of ether oxygens (including phenoxy) is 4. The molecule has 2 rings (SSSR count). The Labute approximate surface area is 120 Å². The Hall–Kier alpha value is -0.810. The van der Waals surface area contributed by atoms with Crippen LogP contribution in [0.15, 0.2) is 0 Å². The van der Waals surface area contributed by atoms with E-state index in [1.807, 2.05) is 0 Å². The number of unbranched alkanes of at least 4 members (excludes halogenated alkanes) is 1. The van der Waals surface area contributed by atoms with Crippen LogP contribution >= 0.6 is 0 Å². The lowest BCUT2D eigenvalue weighted by Gasteiger charge is -2.22. The van der Waals surface area contributed by atoms with E-state index < -0.39 is 11.9 Å². The molecule has 0 spiro atoms. The third-order valence-electron chi connectivity index (χ3n) is 3.86. The van der Waals surface area contributed by atoms with Crippen LogP contribution < -0.4 is 0 Å². The zero-order valence-corrected chi connectivity index (χ0v) is 12.4. The molecule has 5 heteroatoms. The molecule has 0 amide bonds. The van der Waals surface area contributed by atoms with Gasteiger partial charge < -0.3 is 18.9 Å². The van der Waals surface area contributed by atoms with E-state index in [4.69, 9.17) is 18.9 Å². The molecular formula is C15H26O5. The summed E-state index contributed by atoms with van der Waals surface area (Å²) in [5, 5.41) is 0. The second-order valence-corrected chi connectivity index (χ2v) is 5.57. The van der Waals surface area contributed by atoms with Crippen LogP contribution in [0.4, 0.5) is 4.79 Å². The van der Waals surface area contributed by atoms with E-state index in [0.29, 0.717) is 19.3 Å². The van der Waals surface area contributed by atoms with Gasteiger partial charge in [-0.2, -0.15) is 0 Å². The highest BCUT2D eigenvalue weighted by atomic mass is 16.8. The van der Waals surface area contributed by atoms with Crippen molar-refractivity contribution in [1.29, 1.82) is 0 Å². The Kier molecular flexibility index (Phi) is 6.10. The summed E-state index contributed by atoms with van der Waals surface area (Å²) in [7, 11) is 0. The fourth-order valence-corrected chi connectivity index (χ4v) is 2.61. The van der Waals surface area contributed by atoms with Gasteiger partial charge in [-0.1, -0.05) is 19.3 Å². The number of carbonyl (C=O) groups is 1. The van der Waals surface area contributed by atoms with Gasteiger partial charge >= 0.3 is 6.16 Å². The molecule has 0 aromatic heterocycles. The Morgan fingerprint density at radius 1 is 1.25 bits per heavy atom. The van der Waals surface area contributed by atoms with Crippen molar-refractivity contribution in [3.63, 3.8) is 0 Å². The number of carbonyl (C=O) groups excluding carboxylic acids is 1. The zero-order valence-electron chi connectivity index (χ0n) is 12.4. The molecular weight excluding hydrogens is 260 g/mol. The lowest BCUT2D eigenvalue weighted by Crippen LogP contribution is -2.22. The fraction of sp³-hybridized carbons (Fsp3) is 0.933. The maximum atomic E-state index is 11.2. The third kappa shape index (κ3) is 5.29. The average molecular weight is 286 g/mol. The molecule has 1 saturated carbocycles. The van der Waals surface area contributed by atoms with Gasteiger partial charge in [0.15, 0.2) is 0 Å². The molecule has 1 aliphatic heterocycles. The van der Waals surface area contributed by atoms with Gasteiger partial charge in [0.1, 0.15) is 6.61 Å². The number of hydrogen-bond acceptors (Lipinski definition) is 5. The zero-order chi connectivity index (χ0) is 14.3. The van der Waals surface area contributed by atoms with Gasteiger partial charge in [-0.25, -0.2) is 4.79 Å². The maximum absolute atomic E-state index is 11.2. The van der Waals surface area contributed by atoms with E-state index in [-0.39, 0.29) is 0 Å².